The lowest BCUT2D eigenvalue weighted by atomic mass is 9.93. The lowest BCUT2D eigenvalue weighted by Gasteiger charge is -2.22. The zero-order chi connectivity index (χ0) is 10.3. The molecule has 7 heteroatoms. The van der Waals surface area contributed by atoms with Crippen molar-refractivity contribution in [1.82, 2.24) is 10.1 Å². The highest BCUT2D eigenvalue weighted by Crippen LogP contribution is 2.39. The highest BCUT2D eigenvalue weighted by Gasteiger charge is 2.52. The van der Waals surface area contributed by atoms with Crippen LogP contribution in [0.2, 0.25) is 5.28 Å². The molecule has 1 rings (SSSR count). The van der Waals surface area contributed by atoms with Gasteiger partial charge in [0.05, 0.1) is 0 Å². The van der Waals surface area contributed by atoms with Gasteiger partial charge in [-0.05, 0) is 30.6 Å². The predicted octanol–water partition coefficient (Wildman–Crippen LogP) is 2.56. The van der Waals surface area contributed by atoms with Crippen molar-refractivity contribution in [2.75, 3.05) is 0 Å². The van der Waals surface area contributed by atoms with E-state index in [9.17, 15) is 13.2 Å². The Bertz CT molecular complexity index is 307. The second-order valence-corrected chi connectivity index (χ2v) is 3.33. The van der Waals surface area contributed by atoms with E-state index in [1.807, 2.05) is 0 Å². The van der Waals surface area contributed by atoms with Gasteiger partial charge in [0.15, 0.2) is 0 Å². The molecule has 0 saturated carbocycles. The van der Waals surface area contributed by atoms with Crippen LogP contribution < -0.4 is 0 Å². The van der Waals surface area contributed by atoms with E-state index in [2.05, 4.69) is 14.7 Å². The maximum absolute atomic E-state index is 12.4. The van der Waals surface area contributed by atoms with Gasteiger partial charge >= 0.3 is 6.18 Å². The van der Waals surface area contributed by atoms with Crippen molar-refractivity contribution in [3.8, 4) is 0 Å². The van der Waals surface area contributed by atoms with Crippen LogP contribution in [0.1, 0.15) is 19.7 Å². The summed E-state index contributed by atoms with van der Waals surface area (Å²) in [7, 11) is 0. The highest BCUT2D eigenvalue weighted by atomic mass is 35.5. The van der Waals surface area contributed by atoms with Crippen LogP contribution in [0.5, 0.6) is 0 Å². The van der Waals surface area contributed by atoms with Crippen LogP contribution in [0, 0.1) is 0 Å². The first-order valence-electron chi connectivity index (χ1n) is 3.31. The monoisotopic (exact) mass is 214 g/mol. The standard InChI is InChI=1S/C6H6ClF3N2O/c1-5(2,6(8,9)10)3-11-4(7)12-13-3/h1-2H3. The third-order valence-corrected chi connectivity index (χ3v) is 1.80. The smallest absolute Gasteiger partial charge is 0.337 e. The molecule has 0 aromatic carbocycles. The molecule has 13 heavy (non-hydrogen) atoms. The van der Waals surface area contributed by atoms with Gasteiger partial charge in [0.25, 0.3) is 5.28 Å². The molecule has 3 nitrogen and oxygen atoms in total. The summed E-state index contributed by atoms with van der Waals surface area (Å²) in [5.41, 5.74) is -2.17. The number of aromatic nitrogens is 2. The van der Waals surface area contributed by atoms with Crippen molar-refractivity contribution in [2.24, 2.45) is 0 Å². The van der Waals surface area contributed by atoms with Crippen LogP contribution in [0.4, 0.5) is 13.2 Å². The summed E-state index contributed by atoms with van der Waals surface area (Å²) in [6.45, 7) is 1.88. The highest BCUT2D eigenvalue weighted by molar-refractivity contribution is 6.28. The molecule has 0 aliphatic rings. The van der Waals surface area contributed by atoms with Crippen LogP contribution in [-0.2, 0) is 5.41 Å². The minimum absolute atomic E-state index is 0.327. The van der Waals surface area contributed by atoms with Gasteiger partial charge in [0, 0.05) is 0 Å². The topological polar surface area (TPSA) is 38.9 Å². The molecule has 0 aliphatic carbocycles. The van der Waals surface area contributed by atoms with Gasteiger partial charge < -0.3 is 4.52 Å². The second-order valence-electron chi connectivity index (χ2n) is 2.99. The first-order valence-corrected chi connectivity index (χ1v) is 3.69. The first kappa shape index (κ1) is 10.3. The van der Waals surface area contributed by atoms with E-state index >= 15 is 0 Å². The van der Waals surface area contributed by atoms with Gasteiger partial charge in [-0.25, -0.2) is 0 Å². The Morgan fingerprint density at radius 3 is 2.15 bits per heavy atom. The van der Waals surface area contributed by atoms with E-state index < -0.39 is 17.5 Å². The minimum atomic E-state index is -4.44. The molecule has 1 heterocycles. The quantitative estimate of drug-likeness (QED) is 0.721. The number of hydrogen-bond acceptors (Lipinski definition) is 3. The zero-order valence-electron chi connectivity index (χ0n) is 6.81. The summed E-state index contributed by atoms with van der Waals surface area (Å²) in [6, 6.07) is 0. The van der Waals surface area contributed by atoms with Crippen LogP contribution >= 0.6 is 11.6 Å². The SMILES string of the molecule is CC(C)(c1nc(Cl)no1)C(F)(F)F. The Kier molecular flexibility index (Phi) is 2.27. The molecule has 0 spiro atoms. The van der Waals surface area contributed by atoms with Gasteiger partial charge in [-0.1, -0.05) is 0 Å². The summed E-state index contributed by atoms with van der Waals surface area (Å²) < 4.78 is 41.4. The average molecular weight is 215 g/mol. The van der Waals surface area contributed by atoms with Crippen molar-refractivity contribution >= 4 is 11.6 Å². The summed E-state index contributed by atoms with van der Waals surface area (Å²) in [4.78, 5) is 3.32. The van der Waals surface area contributed by atoms with Crippen molar-refractivity contribution < 1.29 is 17.7 Å². The van der Waals surface area contributed by atoms with E-state index in [-0.39, 0.29) is 5.28 Å². The number of alkyl halides is 3. The number of halogens is 4. The summed E-state index contributed by atoms with van der Waals surface area (Å²) in [6.07, 6.45) is -4.44. The largest absolute Gasteiger partial charge is 0.402 e. The summed E-state index contributed by atoms with van der Waals surface area (Å²) in [5, 5.41) is 2.75. The zero-order valence-corrected chi connectivity index (χ0v) is 7.57. The Labute approximate surface area is 76.9 Å². The Hall–Kier alpha value is -0.780. The number of hydrogen-bond donors (Lipinski definition) is 0. The lowest BCUT2D eigenvalue weighted by molar-refractivity contribution is -0.186. The van der Waals surface area contributed by atoms with E-state index in [1.54, 1.807) is 0 Å². The molecule has 0 amide bonds. The Morgan fingerprint density at radius 1 is 1.31 bits per heavy atom. The first-order chi connectivity index (χ1) is 5.75. The second kappa shape index (κ2) is 2.87. The average Bonchev–Trinajstić information content (AvgIpc) is 2.33. The Balaban J connectivity index is 3.07. The maximum atomic E-state index is 12.4. The minimum Gasteiger partial charge on any atom is -0.337 e. The van der Waals surface area contributed by atoms with Crippen molar-refractivity contribution in [1.29, 1.82) is 0 Å². The van der Waals surface area contributed by atoms with Crippen LogP contribution in [0.15, 0.2) is 4.52 Å². The van der Waals surface area contributed by atoms with Crippen molar-refractivity contribution in [2.45, 2.75) is 25.4 Å². The summed E-state index contributed by atoms with van der Waals surface area (Å²) >= 11 is 5.23. The fraction of sp³-hybridized carbons (Fsp3) is 0.667. The fourth-order valence-corrected chi connectivity index (χ4v) is 0.692. The molecule has 0 saturated heterocycles. The Morgan fingerprint density at radius 2 is 1.85 bits per heavy atom. The van der Waals surface area contributed by atoms with Gasteiger partial charge in [0.1, 0.15) is 5.41 Å². The molecule has 1 aromatic rings. The summed E-state index contributed by atoms with van der Waals surface area (Å²) in [5.74, 6) is -0.537. The van der Waals surface area contributed by atoms with Crippen molar-refractivity contribution in [3.63, 3.8) is 0 Å². The lowest BCUT2D eigenvalue weighted by Crippen LogP contribution is -2.36. The number of rotatable bonds is 1. The van der Waals surface area contributed by atoms with E-state index in [0.29, 0.717) is 0 Å². The van der Waals surface area contributed by atoms with Crippen LogP contribution in [0.3, 0.4) is 0 Å². The molecular weight excluding hydrogens is 209 g/mol. The van der Waals surface area contributed by atoms with Crippen LogP contribution in [0.25, 0.3) is 0 Å². The van der Waals surface area contributed by atoms with E-state index in [0.717, 1.165) is 13.8 Å². The van der Waals surface area contributed by atoms with Gasteiger partial charge in [-0.3, -0.25) is 0 Å². The fourth-order valence-electron chi connectivity index (χ4n) is 0.581. The molecule has 0 N–H and O–H groups in total. The predicted molar refractivity (Wildman–Crippen MR) is 38.4 cm³/mol. The molecule has 0 fully saturated rings. The van der Waals surface area contributed by atoms with Gasteiger partial charge in [0.2, 0.25) is 5.89 Å². The van der Waals surface area contributed by atoms with E-state index in [1.165, 1.54) is 0 Å². The van der Waals surface area contributed by atoms with E-state index in [4.69, 9.17) is 11.6 Å². The normalized spacial score (nSPS) is 13.4. The van der Waals surface area contributed by atoms with Gasteiger partial charge in [-0.2, -0.15) is 18.2 Å². The van der Waals surface area contributed by atoms with Gasteiger partial charge in [-0.15, -0.1) is 0 Å². The third kappa shape index (κ3) is 1.77. The number of nitrogens with zero attached hydrogens (tertiary/aromatic N) is 2. The molecule has 1 aromatic heterocycles. The third-order valence-electron chi connectivity index (χ3n) is 1.64. The van der Waals surface area contributed by atoms with Crippen molar-refractivity contribution in [3.05, 3.63) is 11.2 Å². The molecule has 0 unspecified atom stereocenters. The molecule has 0 bridgehead atoms. The molecule has 0 aliphatic heterocycles. The molecule has 0 atom stereocenters. The molecule has 0 radical (unpaired) electrons. The van der Waals surface area contributed by atoms with Crippen LogP contribution in [-0.4, -0.2) is 16.3 Å². The molecular formula is C6H6ClF3N2O. The molecule has 74 valence electrons. The maximum Gasteiger partial charge on any atom is 0.402 e.